The first-order chi connectivity index (χ1) is 10.0. The Bertz CT molecular complexity index is 702. The molecule has 0 saturated heterocycles. The number of methoxy groups -OCH3 is 1. The molecule has 1 amide bonds. The molecule has 8 heteroatoms. The molecule has 1 heterocycles. The molecule has 2 N–H and O–H groups in total. The van der Waals surface area contributed by atoms with Crippen LogP contribution in [0.25, 0.3) is 0 Å². The summed E-state index contributed by atoms with van der Waals surface area (Å²) in [6.07, 6.45) is 2.77. The number of hydrogen-bond acceptors (Lipinski definition) is 6. The van der Waals surface area contributed by atoms with E-state index in [0.717, 1.165) is 18.2 Å². The van der Waals surface area contributed by atoms with Gasteiger partial charge in [0, 0.05) is 18.3 Å². The Balaban J connectivity index is 2.31. The minimum Gasteiger partial charge on any atom is -0.506 e. The number of nitrogens with zero attached hydrogens (tertiary/aromatic N) is 2. The average Bonchev–Trinajstić information content (AvgIpc) is 2.49. The van der Waals surface area contributed by atoms with Crippen LogP contribution in [0.5, 0.6) is 11.5 Å². The maximum atomic E-state index is 12.1. The second-order valence-electron chi connectivity index (χ2n) is 3.99. The van der Waals surface area contributed by atoms with Crippen LogP contribution in [0.3, 0.4) is 0 Å². The molecule has 1 aromatic carbocycles. The van der Waals surface area contributed by atoms with Gasteiger partial charge in [0.05, 0.1) is 29.5 Å². The first-order valence-electron chi connectivity index (χ1n) is 5.79. The number of carbonyl (C=O) groups is 1. The maximum Gasteiger partial charge on any atom is 0.271 e. The molecule has 108 valence electrons. The van der Waals surface area contributed by atoms with E-state index in [9.17, 15) is 20.0 Å². The van der Waals surface area contributed by atoms with Gasteiger partial charge in [-0.2, -0.15) is 0 Å². The van der Waals surface area contributed by atoms with Crippen LogP contribution in [0.15, 0.2) is 36.7 Å². The standard InChI is InChI=1S/C13H11N3O5/c1-21-12-7-14-5-4-9(12)13(18)15-10-6-8(16(19)20)2-3-11(10)17/h2-7,17H,1H3,(H,15,18). The van der Waals surface area contributed by atoms with E-state index in [4.69, 9.17) is 4.74 Å². The molecule has 0 bridgehead atoms. The van der Waals surface area contributed by atoms with E-state index in [-0.39, 0.29) is 28.4 Å². The molecule has 0 fully saturated rings. The Hall–Kier alpha value is -3.16. The van der Waals surface area contributed by atoms with Gasteiger partial charge in [-0.15, -0.1) is 0 Å². The first-order valence-corrected chi connectivity index (χ1v) is 5.79. The van der Waals surface area contributed by atoms with E-state index >= 15 is 0 Å². The van der Waals surface area contributed by atoms with Gasteiger partial charge in [0.1, 0.15) is 11.5 Å². The topological polar surface area (TPSA) is 115 Å². The number of phenols is 1. The highest BCUT2D eigenvalue weighted by molar-refractivity contribution is 6.06. The third-order valence-electron chi connectivity index (χ3n) is 2.69. The summed E-state index contributed by atoms with van der Waals surface area (Å²) in [5, 5.41) is 22.8. The van der Waals surface area contributed by atoms with Crippen molar-refractivity contribution >= 4 is 17.3 Å². The molecule has 2 rings (SSSR count). The Morgan fingerprint density at radius 3 is 2.86 bits per heavy atom. The highest BCUT2D eigenvalue weighted by atomic mass is 16.6. The van der Waals surface area contributed by atoms with Crippen molar-refractivity contribution in [1.29, 1.82) is 0 Å². The number of amides is 1. The lowest BCUT2D eigenvalue weighted by Crippen LogP contribution is -2.13. The second kappa shape index (κ2) is 5.87. The molecule has 2 aromatic rings. The summed E-state index contributed by atoms with van der Waals surface area (Å²) in [6.45, 7) is 0. The second-order valence-corrected chi connectivity index (χ2v) is 3.99. The number of pyridine rings is 1. The van der Waals surface area contributed by atoms with Crippen molar-refractivity contribution in [3.8, 4) is 11.5 Å². The molecule has 21 heavy (non-hydrogen) atoms. The number of aromatic hydroxyl groups is 1. The third kappa shape index (κ3) is 3.06. The Morgan fingerprint density at radius 2 is 2.19 bits per heavy atom. The van der Waals surface area contributed by atoms with Gasteiger partial charge in [-0.05, 0) is 12.1 Å². The van der Waals surface area contributed by atoms with E-state index < -0.39 is 10.8 Å². The molecule has 0 atom stereocenters. The summed E-state index contributed by atoms with van der Waals surface area (Å²) >= 11 is 0. The minimum atomic E-state index is -0.623. The van der Waals surface area contributed by atoms with Crippen LogP contribution in [0.2, 0.25) is 0 Å². The van der Waals surface area contributed by atoms with Crippen LogP contribution in [-0.4, -0.2) is 28.0 Å². The van der Waals surface area contributed by atoms with E-state index in [1.807, 2.05) is 0 Å². The van der Waals surface area contributed by atoms with Gasteiger partial charge in [-0.25, -0.2) is 0 Å². The number of rotatable bonds is 4. The van der Waals surface area contributed by atoms with Crippen LogP contribution in [0.1, 0.15) is 10.4 Å². The number of nitro groups is 1. The van der Waals surface area contributed by atoms with Crippen LogP contribution in [0, 0.1) is 10.1 Å². The van der Waals surface area contributed by atoms with Crippen molar-refractivity contribution in [3.05, 3.63) is 52.3 Å². The van der Waals surface area contributed by atoms with Crippen molar-refractivity contribution in [2.45, 2.75) is 0 Å². The zero-order valence-corrected chi connectivity index (χ0v) is 10.9. The molecule has 0 aliphatic heterocycles. The number of nitro benzene ring substituents is 1. The lowest BCUT2D eigenvalue weighted by atomic mass is 10.2. The number of non-ortho nitro benzene ring substituents is 1. The Morgan fingerprint density at radius 1 is 1.43 bits per heavy atom. The number of anilines is 1. The van der Waals surface area contributed by atoms with Crippen LogP contribution in [0.4, 0.5) is 11.4 Å². The molecule has 0 unspecified atom stereocenters. The summed E-state index contributed by atoms with van der Waals surface area (Å²) in [7, 11) is 1.39. The van der Waals surface area contributed by atoms with Gasteiger partial charge in [-0.3, -0.25) is 19.9 Å². The first kappa shape index (κ1) is 14.3. The van der Waals surface area contributed by atoms with Crippen molar-refractivity contribution in [3.63, 3.8) is 0 Å². The SMILES string of the molecule is COc1cnccc1C(=O)Nc1cc([N+](=O)[O-])ccc1O. The van der Waals surface area contributed by atoms with Crippen LogP contribution in [-0.2, 0) is 0 Å². The number of benzene rings is 1. The number of ether oxygens (including phenoxy) is 1. The van der Waals surface area contributed by atoms with E-state index in [2.05, 4.69) is 10.3 Å². The highest BCUT2D eigenvalue weighted by Crippen LogP contribution is 2.29. The molecule has 0 aliphatic carbocycles. The molecule has 8 nitrogen and oxygen atoms in total. The van der Waals surface area contributed by atoms with Crippen molar-refractivity contribution in [2.24, 2.45) is 0 Å². The van der Waals surface area contributed by atoms with E-state index in [1.165, 1.54) is 25.6 Å². The number of phenolic OH excluding ortho intramolecular Hbond substituents is 1. The third-order valence-corrected chi connectivity index (χ3v) is 2.69. The summed E-state index contributed by atoms with van der Waals surface area (Å²) in [6, 6.07) is 4.78. The average molecular weight is 289 g/mol. The fourth-order valence-electron chi connectivity index (χ4n) is 1.66. The maximum absolute atomic E-state index is 12.1. The van der Waals surface area contributed by atoms with Gasteiger partial charge in [-0.1, -0.05) is 0 Å². The summed E-state index contributed by atoms with van der Waals surface area (Å²) in [4.78, 5) is 26.0. The zero-order valence-electron chi connectivity index (χ0n) is 10.9. The number of carbonyl (C=O) groups excluding carboxylic acids is 1. The summed E-state index contributed by atoms with van der Waals surface area (Å²) in [5.41, 5.74) is -0.115. The van der Waals surface area contributed by atoms with Gasteiger partial charge in [0.2, 0.25) is 0 Å². The largest absolute Gasteiger partial charge is 0.506 e. The van der Waals surface area contributed by atoms with Crippen molar-refractivity contribution in [2.75, 3.05) is 12.4 Å². The van der Waals surface area contributed by atoms with Crippen LogP contribution >= 0.6 is 0 Å². The fourth-order valence-corrected chi connectivity index (χ4v) is 1.66. The summed E-state index contributed by atoms with van der Waals surface area (Å²) < 4.78 is 5.00. The van der Waals surface area contributed by atoms with Crippen molar-refractivity contribution in [1.82, 2.24) is 4.98 Å². The smallest absolute Gasteiger partial charge is 0.271 e. The molecule has 1 aromatic heterocycles. The number of aromatic nitrogens is 1. The Kier molecular flexibility index (Phi) is 3.98. The van der Waals surface area contributed by atoms with Crippen LogP contribution < -0.4 is 10.1 Å². The van der Waals surface area contributed by atoms with E-state index in [1.54, 1.807) is 0 Å². The van der Waals surface area contributed by atoms with E-state index in [0.29, 0.717) is 0 Å². The van der Waals surface area contributed by atoms with Gasteiger partial charge < -0.3 is 15.2 Å². The Labute approximate surface area is 119 Å². The normalized spacial score (nSPS) is 9.95. The molecule has 0 radical (unpaired) electrons. The lowest BCUT2D eigenvalue weighted by molar-refractivity contribution is -0.384. The molecular weight excluding hydrogens is 278 g/mol. The molecular formula is C13H11N3O5. The predicted molar refractivity (Wildman–Crippen MR) is 73.5 cm³/mol. The quantitative estimate of drug-likeness (QED) is 0.505. The molecule has 0 saturated carbocycles. The van der Waals surface area contributed by atoms with Gasteiger partial charge >= 0.3 is 0 Å². The number of nitrogens with one attached hydrogen (secondary N) is 1. The van der Waals surface area contributed by atoms with Gasteiger partial charge in [0.25, 0.3) is 11.6 Å². The molecule has 0 spiro atoms. The van der Waals surface area contributed by atoms with Gasteiger partial charge in [0.15, 0.2) is 0 Å². The highest BCUT2D eigenvalue weighted by Gasteiger charge is 2.16. The lowest BCUT2D eigenvalue weighted by Gasteiger charge is -2.09. The number of hydrogen-bond donors (Lipinski definition) is 2. The minimum absolute atomic E-state index is 0.0620. The predicted octanol–water partition coefficient (Wildman–Crippen LogP) is 1.96. The molecule has 0 aliphatic rings. The fraction of sp³-hybridized carbons (Fsp3) is 0.0769. The monoisotopic (exact) mass is 289 g/mol. The van der Waals surface area contributed by atoms with Crippen molar-refractivity contribution < 1.29 is 19.6 Å². The zero-order chi connectivity index (χ0) is 15.4. The summed E-state index contributed by atoms with van der Waals surface area (Å²) in [5.74, 6) is -0.605.